The standard InChI is InChI=1S/C23H25ClN2O4/c1-2-30-23(29)17-10-12-26(13-11-17)15-21(27)25-20-9-8-18(24)14-19(20)22(28)16-6-4-3-5-7-16/h3-9,14,17H,2,10-13,15H2,1H3,(H,25,27). The predicted molar refractivity (Wildman–Crippen MR) is 116 cm³/mol. The van der Waals surface area contributed by atoms with Crippen LogP contribution in [0.15, 0.2) is 48.5 Å². The summed E-state index contributed by atoms with van der Waals surface area (Å²) in [5, 5.41) is 3.26. The van der Waals surface area contributed by atoms with Crippen molar-refractivity contribution in [3.8, 4) is 0 Å². The van der Waals surface area contributed by atoms with Crippen LogP contribution in [0.5, 0.6) is 0 Å². The van der Waals surface area contributed by atoms with Gasteiger partial charge in [0.2, 0.25) is 5.91 Å². The third-order valence-electron chi connectivity index (χ3n) is 5.11. The fourth-order valence-electron chi connectivity index (χ4n) is 3.54. The second-order valence-electron chi connectivity index (χ2n) is 7.24. The van der Waals surface area contributed by atoms with E-state index in [1.807, 2.05) is 11.0 Å². The van der Waals surface area contributed by atoms with Gasteiger partial charge < -0.3 is 10.1 Å². The average molecular weight is 429 g/mol. The molecule has 7 heteroatoms. The number of nitrogens with one attached hydrogen (secondary N) is 1. The van der Waals surface area contributed by atoms with Crippen molar-refractivity contribution in [1.29, 1.82) is 0 Å². The number of anilines is 1. The maximum Gasteiger partial charge on any atom is 0.309 e. The maximum atomic E-state index is 12.9. The number of halogens is 1. The van der Waals surface area contributed by atoms with Gasteiger partial charge >= 0.3 is 5.97 Å². The molecule has 1 aliphatic heterocycles. The summed E-state index contributed by atoms with van der Waals surface area (Å²) in [4.78, 5) is 39.3. The van der Waals surface area contributed by atoms with E-state index < -0.39 is 0 Å². The van der Waals surface area contributed by atoms with E-state index in [0.717, 1.165) is 0 Å². The van der Waals surface area contributed by atoms with Gasteiger partial charge in [-0.05, 0) is 51.1 Å². The second-order valence-corrected chi connectivity index (χ2v) is 7.67. The molecular weight excluding hydrogens is 404 g/mol. The molecule has 2 aromatic carbocycles. The smallest absolute Gasteiger partial charge is 0.309 e. The molecule has 0 aromatic heterocycles. The van der Waals surface area contributed by atoms with E-state index in [1.54, 1.807) is 49.4 Å². The summed E-state index contributed by atoms with van der Waals surface area (Å²) in [6.07, 6.45) is 1.34. The first kappa shape index (κ1) is 22.0. The highest BCUT2D eigenvalue weighted by molar-refractivity contribution is 6.31. The summed E-state index contributed by atoms with van der Waals surface area (Å²) >= 11 is 6.09. The van der Waals surface area contributed by atoms with E-state index in [1.165, 1.54) is 0 Å². The van der Waals surface area contributed by atoms with Gasteiger partial charge in [0.1, 0.15) is 0 Å². The molecule has 0 spiro atoms. The zero-order chi connectivity index (χ0) is 21.5. The van der Waals surface area contributed by atoms with E-state index in [-0.39, 0.29) is 30.1 Å². The van der Waals surface area contributed by atoms with Crippen molar-refractivity contribution in [2.75, 3.05) is 31.6 Å². The molecular formula is C23H25ClN2O4. The van der Waals surface area contributed by atoms with Crippen LogP contribution in [-0.2, 0) is 14.3 Å². The molecule has 0 atom stereocenters. The maximum absolute atomic E-state index is 12.9. The number of ketones is 1. The number of rotatable bonds is 7. The number of carbonyl (C=O) groups is 3. The molecule has 1 fully saturated rings. The van der Waals surface area contributed by atoms with Crippen molar-refractivity contribution in [1.82, 2.24) is 4.90 Å². The fourth-order valence-corrected chi connectivity index (χ4v) is 3.71. The minimum atomic E-state index is -0.214. The van der Waals surface area contributed by atoms with Crippen molar-refractivity contribution in [3.05, 3.63) is 64.7 Å². The van der Waals surface area contributed by atoms with Gasteiger partial charge in [-0.2, -0.15) is 0 Å². The van der Waals surface area contributed by atoms with Crippen molar-refractivity contribution in [2.45, 2.75) is 19.8 Å². The Hall–Kier alpha value is -2.70. The van der Waals surface area contributed by atoms with E-state index in [0.29, 0.717) is 54.4 Å². The van der Waals surface area contributed by atoms with Gasteiger partial charge in [-0.3, -0.25) is 19.3 Å². The fraction of sp³-hybridized carbons (Fsp3) is 0.348. The number of piperidine rings is 1. The monoisotopic (exact) mass is 428 g/mol. The highest BCUT2D eigenvalue weighted by Gasteiger charge is 2.27. The van der Waals surface area contributed by atoms with Gasteiger partial charge in [-0.25, -0.2) is 0 Å². The first-order valence-electron chi connectivity index (χ1n) is 10.1. The topological polar surface area (TPSA) is 75.7 Å². The van der Waals surface area contributed by atoms with Gasteiger partial charge in [-0.1, -0.05) is 41.9 Å². The summed E-state index contributed by atoms with van der Waals surface area (Å²) < 4.78 is 5.08. The average Bonchev–Trinajstić information content (AvgIpc) is 2.75. The Bertz CT molecular complexity index is 909. The van der Waals surface area contributed by atoms with E-state index in [4.69, 9.17) is 16.3 Å². The van der Waals surface area contributed by atoms with Crippen LogP contribution in [0.3, 0.4) is 0 Å². The molecule has 0 unspecified atom stereocenters. The first-order valence-corrected chi connectivity index (χ1v) is 10.4. The Balaban J connectivity index is 1.62. The minimum Gasteiger partial charge on any atom is -0.466 e. The summed E-state index contributed by atoms with van der Waals surface area (Å²) in [6.45, 7) is 3.66. The molecule has 1 N–H and O–H groups in total. The molecule has 1 amide bonds. The summed E-state index contributed by atoms with van der Waals surface area (Å²) in [6, 6.07) is 13.7. The van der Waals surface area contributed by atoms with Crippen LogP contribution in [0, 0.1) is 5.92 Å². The third-order valence-corrected chi connectivity index (χ3v) is 5.35. The highest BCUT2D eigenvalue weighted by Crippen LogP contribution is 2.24. The lowest BCUT2D eigenvalue weighted by atomic mass is 9.97. The predicted octanol–water partition coefficient (Wildman–Crippen LogP) is 3.78. The number of benzene rings is 2. The van der Waals surface area contributed by atoms with Crippen molar-refractivity contribution >= 4 is 34.9 Å². The quantitative estimate of drug-likeness (QED) is 0.536. The van der Waals surface area contributed by atoms with E-state index in [2.05, 4.69) is 5.32 Å². The molecule has 30 heavy (non-hydrogen) atoms. The van der Waals surface area contributed by atoms with Crippen LogP contribution in [0.2, 0.25) is 5.02 Å². The summed E-state index contributed by atoms with van der Waals surface area (Å²) in [7, 11) is 0. The van der Waals surface area contributed by atoms with Gasteiger partial charge in [0.05, 0.1) is 24.8 Å². The van der Waals surface area contributed by atoms with Crippen LogP contribution < -0.4 is 5.32 Å². The lowest BCUT2D eigenvalue weighted by Crippen LogP contribution is -2.41. The Morgan fingerprint density at radius 3 is 2.47 bits per heavy atom. The Morgan fingerprint density at radius 2 is 1.80 bits per heavy atom. The van der Waals surface area contributed by atoms with E-state index >= 15 is 0 Å². The Morgan fingerprint density at radius 1 is 1.10 bits per heavy atom. The number of nitrogens with zero attached hydrogens (tertiary/aromatic N) is 1. The zero-order valence-electron chi connectivity index (χ0n) is 16.9. The van der Waals surface area contributed by atoms with Crippen molar-refractivity contribution < 1.29 is 19.1 Å². The van der Waals surface area contributed by atoms with Crippen LogP contribution in [0.25, 0.3) is 0 Å². The Labute approximate surface area is 181 Å². The lowest BCUT2D eigenvalue weighted by molar-refractivity contribution is -0.149. The van der Waals surface area contributed by atoms with Gasteiger partial charge in [0.15, 0.2) is 5.78 Å². The summed E-state index contributed by atoms with van der Waals surface area (Å²) in [5.41, 5.74) is 1.30. The first-order chi connectivity index (χ1) is 14.5. The number of hydrogen-bond acceptors (Lipinski definition) is 5. The third kappa shape index (κ3) is 5.68. The minimum absolute atomic E-state index is 0.101. The van der Waals surface area contributed by atoms with Gasteiger partial charge in [-0.15, -0.1) is 0 Å². The highest BCUT2D eigenvalue weighted by atomic mass is 35.5. The lowest BCUT2D eigenvalue weighted by Gasteiger charge is -2.30. The molecule has 1 saturated heterocycles. The van der Waals surface area contributed by atoms with Crippen molar-refractivity contribution in [2.24, 2.45) is 5.92 Å². The van der Waals surface area contributed by atoms with Crippen LogP contribution in [0.1, 0.15) is 35.7 Å². The molecule has 1 heterocycles. The normalized spacial score (nSPS) is 14.9. The molecule has 3 rings (SSSR count). The Kier molecular flexibility index (Phi) is 7.60. The van der Waals surface area contributed by atoms with Crippen LogP contribution >= 0.6 is 11.6 Å². The molecule has 0 radical (unpaired) electrons. The molecule has 2 aromatic rings. The van der Waals surface area contributed by atoms with Crippen LogP contribution in [-0.4, -0.2) is 48.8 Å². The number of ether oxygens (including phenoxy) is 1. The molecule has 158 valence electrons. The molecule has 1 aliphatic rings. The number of carbonyl (C=O) groups excluding carboxylic acids is 3. The van der Waals surface area contributed by atoms with Gasteiger partial charge in [0, 0.05) is 16.1 Å². The molecule has 6 nitrogen and oxygen atoms in total. The summed E-state index contributed by atoms with van der Waals surface area (Å²) in [5.74, 6) is -0.680. The number of esters is 1. The van der Waals surface area contributed by atoms with E-state index in [9.17, 15) is 14.4 Å². The molecule has 0 saturated carbocycles. The van der Waals surface area contributed by atoms with Gasteiger partial charge in [0.25, 0.3) is 0 Å². The largest absolute Gasteiger partial charge is 0.466 e. The molecule has 0 bridgehead atoms. The number of hydrogen-bond donors (Lipinski definition) is 1. The van der Waals surface area contributed by atoms with Crippen molar-refractivity contribution in [3.63, 3.8) is 0 Å². The SMILES string of the molecule is CCOC(=O)C1CCN(CC(=O)Nc2ccc(Cl)cc2C(=O)c2ccccc2)CC1. The zero-order valence-corrected chi connectivity index (χ0v) is 17.7. The van der Waals surface area contributed by atoms with Crippen LogP contribution in [0.4, 0.5) is 5.69 Å². The number of amides is 1. The second kappa shape index (κ2) is 10.4. The molecule has 0 aliphatic carbocycles. The number of likely N-dealkylation sites (tertiary alicyclic amines) is 1.